The molecule has 1 aromatic carbocycles. The van der Waals surface area contributed by atoms with Crippen molar-refractivity contribution in [3.05, 3.63) is 18.2 Å². The first-order valence-corrected chi connectivity index (χ1v) is 9.93. The fourth-order valence-corrected chi connectivity index (χ4v) is 5.01. The number of hydrogen-bond donors (Lipinski definition) is 2. The van der Waals surface area contributed by atoms with E-state index in [0.29, 0.717) is 18.7 Å². The fraction of sp³-hybridized carbons (Fsp3) is 0.500. The highest BCUT2D eigenvalue weighted by atomic mass is 32.2. The molecule has 1 unspecified atom stereocenters. The lowest BCUT2D eigenvalue weighted by Gasteiger charge is -2.14. The monoisotopic (exact) mass is 318 g/mol. The Morgan fingerprint density at radius 1 is 1.40 bits per heavy atom. The Labute approximate surface area is 119 Å². The van der Waals surface area contributed by atoms with Crippen molar-refractivity contribution in [2.24, 2.45) is 5.92 Å². The van der Waals surface area contributed by atoms with Crippen molar-refractivity contribution in [1.29, 1.82) is 0 Å². The summed E-state index contributed by atoms with van der Waals surface area (Å²) in [5.41, 5.74) is 6.55. The summed E-state index contributed by atoms with van der Waals surface area (Å²) in [5, 5.41) is 3.05. The summed E-state index contributed by atoms with van der Waals surface area (Å²) in [6.45, 7) is 0.469. The molecule has 8 heteroatoms. The van der Waals surface area contributed by atoms with E-state index in [4.69, 9.17) is 5.73 Å². The first kappa shape index (κ1) is 15.1. The normalized spacial score (nSPS) is 21.8. The average Bonchev–Trinajstić information content (AvgIpc) is 2.66. The van der Waals surface area contributed by atoms with E-state index in [2.05, 4.69) is 5.32 Å². The topological polar surface area (TPSA) is 106 Å². The maximum absolute atomic E-state index is 11.6. The van der Waals surface area contributed by atoms with Crippen LogP contribution in [0.5, 0.6) is 0 Å². The Balaban J connectivity index is 2.12. The van der Waals surface area contributed by atoms with Gasteiger partial charge in [0, 0.05) is 12.8 Å². The van der Waals surface area contributed by atoms with E-state index in [1.807, 2.05) is 0 Å². The van der Waals surface area contributed by atoms with Crippen molar-refractivity contribution in [3.63, 3.8) is 0 Å². The van der Waals surface area contributed by atoms with Crippen LogP contribution in [0.25, 0.3) is 0 Å². The molecule has 1 aliphatic heterocycles. The zero-order chi connectivity index (χ0) is 15.0. The Hall–Kier alpha value is -1.28. The standard InChI is InChI=1S/C12H18N2O4S2/c1-19(15,16)11-4-2-3-10(12(11)13)14-7-9-5-6-20(17,18)8-9/h2-4,9,14H,5-8,13H2,1H3. The third-order valence-corrected chi connectivity index (χ3v) is 6.37. The second-order valence-corrected chi connectivity index (χ2v) is 9.35. The Morgan fingerprint density at radius 3 is 2.65 bits per heavy atom. The molecule has 1 aromatic rings. The van der Waals surface area contributed by atoms with E-state index in [9.17, 15) is 16.8 Å². The summed E-state index contributed by atoms with van der Waals surface area (Å²) in [7, 11) is -6.28. The Morgan fingerprint density at radius 2 is 2.10 bits per heavy atom. The highest BCUT2D eigenvalue weighted by molar-refractivity contribution is 7.91. The SMILES string of the molecule is CS(=O)(=O)c1cccc(NCC2CCS(=O)(=O)C2)c1N. The Bertz CT molecular complexity index is 711. The van der Waals surface area contributed by atoms with E-state index < -0.39 is 19.7 Å². The quantitative estimate of drug-likeness (QED) is 0.784. The Kier molecular flexibility index (Phi) is 3.97. The van der Waals surface area contributed by atoms with Crippen molar-refractivity contribution in [2.45, 2.75) is 11.3 Å². The number of benzene rings is 1. The van der Waals surface area contributed by atoms with Crippen molar-refractivity contribution >= 4 is 31.0 Å². The van der Waals surface area contributed by atoms with Gasteiger partial charge in [-0.3, -0.25) is 0 Å². The molecule has 0 spiro atoms. The summed E-state index contributed by atoms with van der Waals surface area (Å²) in [6.07, 6.45) is 1.73. The summed E-state index contributed by atoms with van der Waals surface area (Å²) in [5.74, 6) is 0.436. The third-order valence-electron chi connectivity index (χ3n) is 3.37. The second-order valence-electron chi connectivity index (χ2n) is 5.14. The lowest BCUT2D eigenvalue weighted by molar-refractivity contribution is 0.596. The second kappa shape index (κ2) is 5.25. The molecule has 0 bridgehead atoms. The van der Waals surface area contributed by atoms with Gasteiger partial charge in [-0.25, -0.2) is 16.8 Å². The molecule has 1 atom stereocenters. The number of rotatable bonds is 4. The van der Waals surface area contributed by atoms with Gasteiger partial charge in [0.1, 0.15) is 0 Å². The predicted molar refractivity (Wildman–Crippen MR) is 79.2 cm³/mol. The molecule has 0 aromatic heterocycles. The van der Waals surface area contributed by atoms with Crippen LogP contribution in [0.3, 0.4) is 0 Å². The molecule has 1 heterocycles. The zero-order valence-electron chi connectivity index (χ0n) is 11.2. The van der Waals surface area contributed by atoms with Gasteiger partial charge in [0.25, 0.3) is 0 Å². The van der Waals surface area contributed by atoms with Gasteiger partial charge in [-0.2, -0.15) is 0 Å². The maximum Gasteiger partial charge on any atom is 0.177 e. The summed E-state index contributed by atoms with van der Waals surface area (Å²) in [6, 6.07) is 4.75. The van der Waals surface area contributed by atoms with Gasteiger partial charge in [-0.1, -0.05) is 6.07 Å². The summed E-state index contributed by atoms with van der Waals surface area (Å²) < 4.78 is 45.9. The first-order chi connectivity index (χ1) is 9.19. The number of nitrogens with one attached hydrogen (secondary N) is 1. The van der Waals surface area contributed by atoms with Gasteiger partial charge < -0.3 is 11.1 Å². The van der Waals surface area contributed by atoms with Crippen molar-refractivity contribution in [1.82, 2.24) is 0 Å². The molecule has 1 fully saturated rings. The number of anilines is 2. The van der Waals surface area contributed by atoms with Gasteiger partial charge in [0.2, 0.25) is 0 Å². The molecule has 1 aliphatic rings. The third kappa shape index (κ3) is 3.43. The van der Waals surface area contributed by atoms with Gasteiger partial charge in [0.15, 0.2) is 19.7 Å². The maximum atomic E-state index is 11.6. The minimum atomic E-state index is -3.37. The first-order valence-electron chi connectivity index (χ1n) is 6.22. The molecule has 2 rings (SSSR count). The zero-order valence-corrected chi connectivity index (χ0v) is 12.8. The number of para-hydroxylation sites is 1. The van der Waals surface area contributed by atoms with E-state index in [1.165, 1.54) is 6.07 Å². The van der Waals surface area contributed by atoms with E-state index in [1.54, 1.807) is 12.1 Å². The lowest BCUT2D eigenvalue weighted by atomic mass is 10.1. The highest BCUT2D eigenvalue weighted by Gasteiger charge is 2.27. The van der Waals surface area contributed by atoms with Crippen LogP contribution in [0.15, 0.2) is 23.1 Å². The highest BCUT2D eigenvalue weighted by Crippen LogP contribution is 2.27. The van der Waals surface area contributed by atoms with Gasteiger partial charge in [-0.15, -0.1) is 0 Å². The molecular formula is C12H18N2O4S2. The van der Waals surface area contributed by atoms with Crippen LogP contribution >= 0.6 is 0 Å². The molecule has 0 saturated carbocycles. The number of hydrogen-bond acceptors (Lipinski definition) is 6. The van der Waals surface area contributed by atoms with Crippen LogP contribution in [0.1, 0.15) is 6.42 Å². The van der Waals surface area contributed by atoms with Crippen LogP contribution in [-0.4, -0.2) is 41.1 Å². The van der Waals surface area contributed by atoms with Crippen LogP contribution in [0.2, 0.25) is 0 Å². The van der Waals surface area contributed by atoms with E-state index in [0.717, 1.165) is 6.26 Å². The molecule has 3 N–H and O–H groups in total. The van der Waals surface area contributed by atoms with Crippen LogP contribution < -0.4 is 11.1 Å². The predicted octanol–water partition coefficient (Wildman–Crippen LogP) is 0.519. The molecule has 6 nitrogen and oxygen atoms in total. The number of nitrogens with two attached hydrogens (primary N) is 1. The molecule has 20 heavy (non-hydrogen) atoms. The summed E-state index contributed by atoms with van der Waals surface area (Å²) in [4.78, 5) is 0.0848. The van der Waals surface area contributed by atoms with Crippen LogP contribution in [0, 0.1) is 5.92 Å². The van der Waals surface area contributed by atoms with Gasteiger partial charge in [0.05, 0.1) is 27.8 Å². The average molecular weight is 318 g/mol. The van der Waals surface area contributed by atoms with Crippen molar-refractivity contribution in [2.75, 3.05) is 35.4 Å². The van der Waals surface area contributed by atoms with Crippen LogP contribution in [0.4, 0.5) is 11.4 Å². The molecular weight excluding hydrogens is 300 g/mol. The van der Waals surface area contributed by atoms with E-state index in [-0.39, 0.29) is 28.0 Å². The molecule has 0 aliphatic carbocycles. The van der Waals surface area contributed by atoms with Gasteiger partial charge in [-0.05, 0) is 24.5 Å². The molecule has 112 valence electrons. The number of nitrogen functional groups attached to an aromatic ring is 1. The van der Waals surface area contributed by atoms with Crippen molar-refractivity contribution < 1.29 is 16.8 Å². The largest absolute Gasteiger partial charge is 0.396 e. The number of sulfone groups is 2. The minimum absolute atomic E-state index is 0.0429. The van der Waals surface area contributed by atoms with Gasteiger partial charge >= 0.3 is 0 Å². The fourth-order valence-electron chi connectivity index (χ4n) is 2.31. The van der Waals surface area contributed by atoms with E-state index >= 15 is 0 Å². The lowest BCUT2D eigenvalue weighted by Crippen LogP contribution is -2.17. The molecule has 0 amide bonds. The smallest absolute Gasteiger partial charge is 0.177 e. The summed E-state index contributed by atoms with van der Waals surface area (Å²) >= 11 is 0. The molecule has 0 radical (unpaired) electrons. The molecule has 1 saturated heterocycles. The minimum Gasteiger partial charge on any atom is -0.396 e. The van der Waals surface area contributed by atoms with Crippen LogP contribution in [-0.2, 0) is 19.7 Å². The van der Waals surface area contributed by atoms with Crippen molar-refractivity contribution in [3.8, 4) is 0 Å².